The van der Waals surface area contributed by atoms with Gasteiger partial charge in [0.15, 0.2) is 11.6 Å². The highest BCUT2D eigenvalue weighted by Crippen LogP contribution is 2.33. The number of fused-ring (bicyclic) bond motifs is 1. The van der Waals surface area contributed by atoms with Crippen LogP contribution >= 0.6 is 22.7 Å². The smallest absolute Gasteiger partial charge is 0.264 e. The van der Waals surface area contributed by atoms with Gasteiger partial charge < -0.3 is 9.32 Å². The number of hydrogen-bond donors (Lipinski definition) is 0. The van der Waals surface area contributed by atoms with Crippen molar-refractivity contribution in [3.05, 3.63) is 56.9 Å². The van der Waals surface area contributed by atoms with E-state index in [0.717, 1.165) is 26.4 Å². The van der Waals surface area contributed by atoms with Crippen molar-refractivity contribution in [1.29, 1.82) is 0 Å². The molecule has 0 saturated heterocycles. The minimum Gasteiger partial charge on any atom is -0.461 e. The molecule has 0 aliphatic rings. The molecule has 0 aromatic carbocycles. The first kappa shape index (κ1) is 16.9. The third kappa shape index (κ3) is 2.93. The summed E-state index contributed by atoms with van der Waals surface area (Å²) < 4.78 is 5.41. The lowest BCUT2D eigenvalue weighted by atomic mass is 10.1. The average molecular weight is 383 g/mol. The summed E-state index contributed by atoms with van der Waals surface area (Å²) >= 11 is 3.07. The van der Waals surface area contributed by atoms with Crippen molar-refractivity contribution in [3.8, 4) is 11.6 Å². The van der Waals surface area contributed by atoms with Gasteiger partial charge in [0.1, 0.15) is 4.83 Å². The summed E-state index contributed by atoms with van der Waals surface area (Å²) in [4.78, 5) is 26.6. The van der Waals surface area contributed by atoms with Crippen molar-refractivity contribution in [2.75, 3.05) is 7.05 Å². The van der Waals surface area contributed by atoms with Crippen LogP contribution in [0.3, 0.4) is 0 Å². The zero-order chi connectivity index (χ0) is 18.3. The number of hydrogen-bond acceptors (Lipinski definition) is 6. The molecular formula is C19H17N3O2S2. The van der Waals surface area contributed by atoms with Gasteiger partial charge in [0.2, 0.25) is 0 Å². The van der Waals surface area contributed by atoms with Gasteiger partial charge in [-0.25, -0.2) is 9.97 Å². The molecule has 26 heavy (non-hydrogen) atoms. The number of aryl methyl sites for hydroxylation is 2. The first-order valence-corrected chi connectivity index (χ1v) is 9.83. The number of furan rings is 1. The molecule has 0 N–H and O–H groups in total. The first-order chi connectivity index (χ1) is 12.5. The van der Waals surface area contributed by atoms with Gasteiger partial charge in [-0.2, -0.15) is 0 Å². The summed E-state index contributed by atoms with van der Waals surface area (Å²) in [6.07, 6.45) is 1.60. The van der Waals surface area contributed by atoms with Crippen molar-refractivity contribution in [3.63, 3.8) is 0 Å². The summed E-state index contributed by atoms with van der Waals surface area (Å²) in [5.74, 6) is 1.19. The van der Waals surface area contributed by atoms with Crippen LogP contribution in [0.1, 0.15) is 25.8 Å². The van der Waals surface area contributed by atoms with E-state index >= 15 is 0 Å². The molecule has 0 radical (unpaired) electrons. The van der Waals surface area contributed by atoms with Gasteiger partial charge in [-0.15, -0.1) is 22.7 Å². The highest BCUT2D eigenvalue weighted by molar-refractivity contribution is 7.20. The predicted molar refractivity (Wildman–Crippen MR) is 105 cm³/mol. The molecule has 132 valence electrons. The van der Waals surface area contributed by atoms with Crippen LogP contribution in [0.2, 0.25) is 0 Å². The summed E-state index contributed by atoms with van der Waals surface area (Å²) in [7, 11) is 1.83. The second-order valence-electron chi connectivity index (χ2n) is 6.09. The van der Waals surface area contributed by atoms with E-state index < -0.39 is 0 Å². The molecule has 4 aromatic rings. The van der Waals surface area contributed by atoms with Gasteiger partial charge in [0, 0.05) is 17.3 Å². The molecule has 4 heterocycles. The Labute approximate surface area is 158 Å². The maximum Gasteiger partial charge on any atom is 0.264 e. The van der Waals surface area contributed by atoms with Gasteiger partial charge in [-0.05, 0) is 43.0 Å². The quantitative estimate of drug-likeness (QED) is 0.503. The molecule has 7 heteroatoms. The van der Waals surface area contributed by atoms with E-state index in [1.54, 1.807) is 22.5 Å². The zero-order valence-electron chi connectivity index (χ0n) is 14.6. The number of amides is 1. The van der Waals surface area contributed by atoms with Crippen molar-refractivity contribution < 1.29 is 9.21 Å². The standard InChI is InChI=1S/C19H17N3O2S2/c1-11-15-12(2)20-17(14-7-4-8-24-14)21-18(15)26-16(11)19(23)22(3)10-13-6-5-9-25-13/h4-9H,10H2,1-3H3. The van der Waals surface area contributed by atoms with Crippen LogP contribution < -0.4 is 0 Å². The highest BCUT2D eigenvalue weighted by atomic mass is 32.1. The van der Waals surface area contributed by atoms with E-state index in [2.05, 4.69) is 9.97 Å². The van der Waals surface area contributed by atoms with Crippen LogP contribution in [0.15, 0.2) is 40.3 Å². The second kappa shape index (κ2) is 6.66. The van der Waals surface area contributed by atoms with Crippen molar-refractivity contribution in [1.82, 2.24) is 14.9 Å². The van der Waals surface area contributed by atoms with Crippen LogP contribution in [0, 0.1) is 13.8 Å². The fourth-order valence-corrected chi connectivity index (χ4v) is 4.92. The van der Waals surface area contributed by atoms with E-state index in [0.29, 0.717) is 23.0 Å². The molecule has 0 saturated carbocycles. The predicted octanol–water partition coefficient (Wildman–Crippen LogP) is 4.90. The third-order valence-corrected chi connectivity index (χ3v) is 6.26. The molecule has 4 rings (SSSR count). The topological polar surface area (TPSA) is 59.2 Å². The van der Waals surface area contributed by atoms with E-state index in [4.69, 9.17) is 4.42 Å². The number of thiophene rings is 2. The number of rotatable bonds is 4. The molecule has 0 atom stereocenters. The fourth-order valence-electron chi connectivity index (χ4n) is 2.94. The number of carbonyl (C=O) groups excluding carboxylic acids is 1. The Kier molecular flexibility index (Phi) is 4.34. The van der Waals surface area contributed by atoms with Crippen LogP contribution in [0.25, 0.3) is 21.8 Å². The Bertz CT molecular complexity index is 1070. The minimum absolute atomic E-state index is 0.0119. The van der Waals surface area contributed by atoms with Gasteiger partial charge in [0.25, 0.3) is 5.91 Å². The van der Waals surface area contributed by atoms with Crippen LogP contribution in [-0.4, -0.2) is 27.8 Å². The maximum absolute atomic E-state index is 13.0. The second-order valence-corrected chi connectivity index (χ2v) is 8.12. The van der Waals surface area contributed by atoms with Gasteiger partial charge in [0.05, 0.1) is 23.4 Å². The Hall–Kier alpha value is -2.51. The van der Waals surface area contributed by atoms with Crippen molar-refractivity contribution >= 4 is 38.8 Å². The van der Waals surface area contributed by atoms with Crippen LogP contribution in [0.4, 0.5) is 0 Å². The van der Waals surface area contributed by atoms with Crippen LogP contribution in [-0.2, 0) is 6.54 Å². The molecule has 0 spiro atoms. The Morgan fingerprint density at radius 2 is 2.08 bits per heavy atom. The Balaban J connectivity index is 1.72. The first-order valence-electron chi connectivity index (χ1n) is 8.14. The molecule has 0 aliphatic heterocycles. The Morgan fingerprint density at radius 1 is 1.23 bits per heavy atom. The largest absolute Gasteiger partial charge is 0.461 e. The maximum atomic E-state index is 13.0. The number of nitrogens with zero attached hydrogens (tertiary/aromatic N) is 3. The number of carbonyl (C=O) groups is 1. The minimum atomic E-state index is 0.0119. The van der Waals surface area contributed by atoms with Gasteiger partial charge in [-0.1, -0.05) is 6.07 Å². The molecule has 0 fully saturated rings. The van der Waals surface area contributed by atoms with Gasteiger partial charge in [-0.3, -0.25) is 4.79 Å². The summed E-state index contributed by atoms with van der Waals surface area (Å²) in [6, 6.07) is 7.68. The summed E-state index contributed by atoms with van der Waals surface area (Å²) in [5, 5.41) is 2.98. The summed E-state index contributed by atoms with van der Waals surface area (Å²) in [6.45, 7) is 4.51. The number of aromatic nitrogens is 2. The lowest BCUT2D eigenvalue weighted by Gasteiger charge is -2.15. The molecular weight excluding hydrogens is 366 g/mol. The molecule has 5 nitrogen and oxygen atoms in total. The molecule has 0 aliphatic carbocycles. The SMILES string of the molecule is Cc1nc(-c2ccco2)nc2sc(C(=O)N(C)Cc3cccs3)c(C)c12. The lowest BCUT2D eigenvalue weighted by molar-refractivity contribution is 0.0790. The van der Waals surface area contributed by atoms with Crippen molar-refractivity contribution in [2.24, 2.45) is 0 Å². The molecule has 0 unspecified atom stereocenters. The molecule has 0 bridgehead atoms. The van der Waals surface area contributed by atoms with Crippen molar-refractivity contribution in [2.45, 2.75) is 20.4 Å². The van der Waals surface area contributed by atoms with E-state index in [-0.39, 0.29) is 5.91 Å². The molecule has 4 aromatic heterocycles. The van der Waals surface area contributed by atoms with E-state index in [1.807, 2.05) is 50.5 Å². The summed E-state index contributed by atoms with van der Waals surface area (Å²) in [5.41, 5.74) is 1.80. The van der Waals surface area contributed by atoms with Gasteiger partial charge >= 0.3 is 0 Å². The third-order valence-electron chi connectivity index (χ3n) is 4.23. The molecule has 1 amide bonds. The van der Waals surface area contributed by atoms with Crippen LogP contribution in [0.5, 0.6) is 0 Å². The van der Waals surface area contributed by atoms with E-state index in [1.165, 1.54) is 11.3 Å². The fraction of sp³-hybridized carbons (Fsp3) is 0.211. The normalized spacial score (nSPS) is 11.2. The lowest BCUT2D eigenvalue weighted by Crippen LogP contribution is -2.25. The highest BCUT2D eigenvalue weighted by Gasteiger charge is 2.22. The average Bonchev–Trinajstić information content (AvgIpc) is 3.35. The zero-order valence-corrected chi connectivity index (χ0v) is 16.3. The monoisotopic (exact) mass is 383 g/mol. The van der Waals surface area contributed by atoms with E-state index in [9.17, 15) is 4.79 Å². The Morgan fingerprint density at radius 3 is 2.77 bits per heavy atom.